The van der Waals surface area contributed by atoms with Crippen LogP contribution in [0.4, 0.5) is 5.69 Å². The Labute approximate surface area is 161 Å². The highest BCUT2D eigenvalue weighted by molar-refractivity contribution is 5.90. The summed E-state index contributed by atoms with van der Waals surface area (Å²) < 4.78 is 5.18. The first-order valence-electron chi connectivity index (χ1n) is 9.19. The number of hydrogen-bond acceptors (Lipinski definition) is 6. The number of carbonyl (C=O) groups is 3. The van der Waals surface area contributed by atoms with Gasteiger partial charge in [-0.25, -0.2) is 0 Å². The van der Waals surface area contributed by atoms with Gasteiger partial charge in [-0.05, 0) is 37.0 Å². The van der Waals surface area contributed by atoms with E-state index in [-0.39, 0.29) is 18.2 Å². The summed E-state index contributed by atoms with van der Waals surface area (Å²) in [5.41, 5.74) is 1.36. The number of benzene rings is 1. The summed E-state index contributed by atoms with van der Waals surface area (Å²) in [4.78, 5) is 38.4. The number of rotatable bonds is 10. The minimum atomic E-state index is -1.09. The molecule has 1 aliphatic rings. The highest BCUT2D eigenvalue weighted by Gasteiger charge is 2.28. The molecule has 1 aromatic carbocycles. The Hall–Kier alpha value is -3.23. The maximum Gasteiger partial charge on any atom is 0.322 e. The number of amides is 2. The molecule has 0 saturated heterocycles. The molecule has 0 unspecified atom stereocenters. The van der Waals surface area contributed by atoms with Gasteiger partial charge in [0.05, 0.1) is 6.42 Å². The lowest BCUT2D eigenvalue weighted by Crippen LogP contribution is -2.30. The van der Waals surface area contributed by atoms with E-state index < -0.39 is 12.5 Å². The molecule has 1 heterocycles. The van der Waals surface area contributed by atoms with Crippen LogP contribution in [0.25, 0.3) is 0 Å². The number of aromatic nitrogens is 2. The van der Waals surface area contributed by atoms with Crippen LogP contribution in [0.2, 0.25) is 0 Å². The molecule has 1 saturated carbocycles. The van der Waals surface area contributed by atoms with E-state index in [1.165, 1.54) is 0 Å². The molecule has 9 nitrogen and oxygen atoms in total. The number of aliphatic carboxylic acids is 1. The molecule has 9 heteroatoms. The maximum atomic E-state index is 12.0. The smallest absolute Gasteiger partial charge is 0.322 e. The van der Waals surface area contributed by atoms with E-state index in [0.29, 0.717) is 36.8 Å². The lowest BCUT2D eigenvalue weighted by molar-refractivity contribution is -0.137. The highest BCUT2D eigenvalue weighted by atomic mass is 16.5. The first-order chi connectivity index (χ1) is 13.5. The fourth-order valence-corrected chi connectivity index (χ4v) is 2.63. The van der Waals surface area contributed by atoms with Crippen LogP contribution in [-0.2, 0) is 27.2 Å². The molecule has 2 amide bonds. The summed E-state index contributed by atoms with van der Waals surface area (Å²) in [6.07, 6.45) is 3.83. The molecule has 0 spiro atoms. The van der Waals surface area contributed by atoms with Crippen molar-refractivity contribution in [1.82, 2.24) is 15.5 Å². The van der Waals surface area contributed by atoms with E-state index in [4.69, 9.17) is 9.63 Å². The van der Waals surface area contributed by atoms with Crippen molar-refractivity contribution in [1.29, 1.82) is 0 Å². The van der Waals surface area contributed by atoms with Gasteiger partial charge in [-0.15, -0.1) is 0 Å². The lowest BCUT2D eigenvalue weighted by Gasteiger charge is -2.06. The monoisotopic (exact) mass is 386 g/mol. The summed E-state index contributed by atoms with van der Waals surface area (Å²) in [6, 6.07) is 6.84. The van der Waals surface area contributed by atoms with E-state index in [0.717, 1.165) is 24.2 Å². The Bertz CT molecular complexity index is 842. The number of hydrogen-bond donors (Lipinski definition) is 3. The highest BCUT2D eigenvalue weighted by Crippen LogP contribution is 2.38. The third kappa shape index (κ3) is 6.19. The van der Waals surface area contributed by atoms with Crippen LogP contribution in [-0.4, -0.2) is 39.6 Å². The van der Waals surface area contributed by atoms with Gasteiger partial charge in [0.15, 0.2) is 5.82 Å². The van der Waals surface area contributed by atoms with Crippen molar-refractivity contribution in [2.45, 2.75) is 44.4 Å². The molecule has 0 radical (unpaired) electrons. The Morgan fingerprint density at radius 2 is 1.89 bits per heavy atom. The van der Waals surface area contributed by atoms with E-state index in [9.17, 15) is 14.4 Å². The lowest BCUT2D eigenvalue weighted by atomic mass is 10.1. The van der Waals surface area contributed by atoms with Crippen LogP contribution in [0, 0.1) is 0 Å². The maximum absolute atomic E-state index is 12.0. The van der Waals surface area contributed by atoms with Gasteiger partial charge in [0, 0.05) is 24.4 Å². The zero-order valence-corrected chi connectivity index (χ0v) is 15.3. The molecule has 0 aliphatic heterocycles. The van der Waals surface area contributed by atoms with E-state index in [1.54, 1.807) is 24.3 Å². The van der Waals surface area contributed by atoms with Gasteiger partial charge in [0.2, 0.25) is 17.7 Å². The molecule has 1 fully saturated rings. The van der Waals surface area contributed by atoms with Gasteiger partial charge in [-0.3, -0.25) is 14.4 Å². The minimum Gasteiger partial charge on any atom is -0.480 e. The molecule has 3 N–H and O–H groups in total. The molecule has 28 heavy (non-hydrogen) atoms. The fraction of sp³-hybridized carbons (Fsp3) is 0.421. The zero-order valence-electron chi connectivity index (χ0n) is 15.3. The summed E-state index contributed by atoms with van der Waals surface area (Å²) in [6.45, 7) is -0.404. The summed E-state index contributed by atoms with van der Waals surface area (Å²) in [5.74, 6) is 0.219. The van der Waals surface area contributed by atoms with Crippen LogP contribution in [0.5, 0.6) is 0 Å². The van der Waals surface area contributed by atoms with Crippen molar-refractivity contribution < 1.29 is 24.0 Å². The Kier molecular flexibility index (Phi) is 6.36. The predicted molar refractivity (Wildman–Crippen MR) is 98.6 cm³/mol. The van der Waals surface area contributed by atoms with Crippen molar-refractivity contribution in [3.05, 3.63) is 41.5 Å². The number of carbonyl (C=O) groups excluding carboxylic acids is 2. The molecule has 2 aromatic rings. The first-order valence-corrected chi connectivity index (χ1v) is 9.19. The quantitative estimate of drug-likeness (QED) is 0.565. The second-order valence-electron chi connectivity index (χ2n) is 6.77. The van der Waals surface area contributed by atoms with Crippen molar-refractivity contribution >= 4 is 23.5 Å². The topological polar surface area (TPSA) is 134 Å². The van der Waals surface area contributed by atoms with Crippen molar-refractivity contribution in [2.24, 2.45) is 0 Å². The first kappa shape index (κ1) is 19.5. The number of nitrogens with zero attached hydrogens (tertiary/aromatic N) is 2. The van der Waals surface area contributed by atoms with Gasteiger partial charge in [0.25, 0.3) is 0 Å². The number of carboxylic acids is 1. The van der Waals surface area contributed by atoms with Crippen molar-refractivity contribution in [2.75, 3.05) is 11.9 Å². The van der Waals surface area contributed by atoms with Crippen LogP contribution in [0.15, 0.2) is 28.8 Å². The largest absolute Gasteiger partial charge is 0.480 e. The van der Waals surface area contributed by atoms with Crippen LogP contribution in [0.3, 0.4) is 0 Å². The number of nitrogens with one attached hydrogen (secondary N) is 2. The van der Waals surface area contributed by atoms with E-state index in [1.807, 2.05) is 0 Å². The van der Waals surface area contributed by atoms with Gasteiger partial charge < -0.3 is 20.3 Å². The zero-order chi connectivity index (χ0) is 19.9. The Morgan fingerprint density at radius 3 is 2.57 bits per heavy atom. The summed E-state index contributed by atoms with van der Waals surface area (Å²) >= 11 is 0. The van der Waals surface area contributed by atoms with Gasteiger partial charge >= 0.3 is 5.97 Å². The number of anilines is 1. The van der Waals surface area contributed by atoms with E-state index >= 15 is 0 Å². The minimum absolute atomic E-state index is 0.0779. The standard InChI is InChI=1S/C19H22N4O5/c24-15(2-1-3-17-22-19(23-28-17)13-6-7-13)21-14-8-4-12(5-9-14)10-16(25)20-11-18(26)27/h4-5,8-9,13H,1-3,6-7,10-11H2,(H,20,25)(H,21,24)(H,26,27). The summed E-state index contributed by atoms with van der Waals surface area (Å²) in [7, 11) is 0. The van der Waals surface area contributed by atoms with Crippen LogP contribution in [0.1, 0.15) is 48.9 Å². The second kappa shape index (κ2) is 9.12. The summed E-state index contributed by atoms with van der Waals surface area (Å²) in [5, 5.41) is 17.6. The van der Waals surface area contributed by atoms with Crippen molar-refractivity contribution in [3.8, 4) is 0 Å². The molecule has 3 rings (SSSR count). The molecular weight excluding hydrogens is 364 g/mol. The SMILES string of the molecule is O=C(O)CNC(=O)Cc1ccc(NC(=O)CCCc2nc(C3CC3)no2)cc1. The molecule has 1 aliphatic carbocycles. The second-order valence-corrected chi connectivity index (χ2v) is 6.77. The number of aryl methyl sites for hydroxylation is 1. The molecule has 0 bridgehead atoms. The van der Waals surface area contributed by atoms with Gasteiger partial charge in [0.1, 0.15) is 6.54 Å². The molecule has 148 valence electrons. The molecule has 1 aromatic heterocycles. The number of carboxylic acid groups (broad SMARTS) is 1. The Morgan fingerprint density at radius 1 is 1.14 bits per heavy atom. The molecule has 0 atom stereocenters. The normalized spacial score (nSPS) is 13.1. The predicted octanol–water partition coefficient (Wildman–Crippen LogP) is 1.65. The fourth-order valence-electron chi connectivity index (χ4n) is 2.63. The van der Waals surface area contributed by atoms with Gasteiger partial charge in [-0.2, -0.15) is 4.98 Å². The third-order valence-corrected chi connectivity index (χ3v) is 4.26. The van der Waals surface area contributed by atoms with Crippen molar-refractivity contribution in [3.63, 3.8) is 0 Å². The molecular formula is C19H22N4O5. The van der Waals surface area contributed by atoms with Gasteiger partial charge in [-0.1, -0.05) is 17.3 Å². The van der Waals surface area contributed by atoms with Crippen LogP contribution >= 0.6 is 0 Å². The van der Waals surface area contributed by atoms with Crippen LogP contribution < -0.4 is 10.6 Å². The third-order valence-electron chi connectivity index (χ3n) is 4.26. The van der Waals surface area contributed by atoms with E-state index in [2.05, 4.69) is 20.8 Å². The Balaban J connectivity index is 1.37. The average molecular weight is 386 g/mol. The average Bonchev–Trinajstić information content (AvgIpc) is 3.41.